The number of carbonyl (C=O) groups excluding carboxylic acids is 5. The van der Waals surface area contributed by atoms with Gasteiger partial charge in [-0.25, -0.2) is 4.79 Å². The lowest BCUT2D eigenvalue weighted by Crippen LogP contribution is -2.57. The number of rotatable bonds is 18. The molecular weight excluding hydrogens is 490 g/mol. The zero-order chi connectivity index (χ0) is 28.7. The Balaban J connectivity index is 5.63. The molecule has 0 aliphatic rings. The molecule has 0 heterocycles. The van der Waals surface area contributed by atoms with Crippen molar-refractivity contribution in [3.8, 4) is 0 Å². The molecule has 0 saturated heterocycles. The minimum atomic E-state index is -1.59. The summed E-state index contributed by atoms with van der Waals surface area (Å²) in [4.78, 5) is 75.8. The number of carboxylic acids is 1. The number of carboxylic acid groups (broad SMARTS) is 1. The predicted octanol–water partition coefficient (Wildman–Crippen LogP) is -3.91. The van der Waals surface area contributed by atoms with Crippen molar-refractivity contribution < 1.29 is 33.9 Å². The molecule has 0 radical (unpaired) electrons. The molecule has 0 aromatic heterocycles. The normalized spacial score (nSPS) is 13.9. The van der Waals surface area contributed by atoms with Gasteiger partial charge in [-0.2, -0.15) is 0 Å². The van der Waals surface area contributed by atoms with Crippen LogP contribution in [0.25, 0.3) is 0 Å². The Bertz CT molecular complexity index is 859. The van der Waals surface area contributed by atoms with Crippen molar-refractivity contribution in [2.24, 2.45) is 39.6 Å². The zero-order valence-corrected chi connectivity index (χ0v) is 21.1. The van der Waals surface area contributed by atoms with Crippen LogP contribution in [0.1, 0.15) is 52.4 Å². The van der Waals surface area contributed by atoms with E-state index >= 15 is 0 Å². The number of aliphatic imine (C=N–C) groups is 1. The van der Waals surface area contributed by atoms with Crippen molar-refractivity contribution >= 4 is 41.5 Å². The van der Waals surface area contributed by atoms with Crippen LogP contribution in [-0.2, 0) is 28.8 Å². The third kappa shape index (κ3) is 14.9. The molecule has 0 rings (SSSR count). The Morgan fingerprint density at radius 3 is 1.81 bits per heavy atom. The first-order valence-corrected chi connectivity index (χ1v) is 11.6. The van der Waals surface area contributed by atoms with Gasteiger partial charge in [0, 0.05) is 13.0 Å². The van der Waals surface area contributed by atoms with Crippen molar-refractivity contribution in [2.45, 2.75) is 76.5 Å². The number of nitrogens with zero attached hydrogens (tertiary/aromatic N) is 1. The summed E-state index contributed by atoms with van der Waals surface area (Å²) in [5.74, 6) is -5.63. The number of hydrogen-bond acceptors (Lipinski definition) is 8. The van der Waals surface area contributed by atoms with Crippen molar-refractivity contribution in [1.29, 1.82) is 0 Å². The average Bonchev–Trinajstić information content (AvgIpc) is 2.77. The van der Waals surface area contributed by atoms with E-state index in [0.717, 1.165) is 0 Å². The summed E-state index contributed by atoms with van der Waals surface area (Å²) in [6.45, 7) is 3.70. The molecule has 14 N–H and O–H groups in total. The summed E-state index contributed by atoms with van der Waals surface area (Å²) >= 11 is 0. The Hall–Kier alpha value is -3.95. The highest BCUT2D eigenvalue weighted by molar-refractivity contribution is 5.95. The van der Waals surface area contributed by atoms with Crippen LogP contribution >= 0.6 is 0 Å². The highest BCUT2D eigenvalue weighted by atomic mass is 16.4. The second-order valence-corrected chi connectivity index (χ2v) is 8.88. The largest absolute Gasteiger partial charge is 0.480 e. The molecule has 0 aliphatic carbocycles. The van der Waals surface area contributed by atoms with Gasteiger partial charge in [-0.15, -0.1) is 0 Å². The molecule has 5 amide bonds. The lowest BCUT2D eigenvalue weighted by Gasteiger charge is -2.26. The quantitative estimate of drug-likeness (QED) is 0.0472. The lowest BCUT2D eigenvalue weighted by atomic mass is 10.0. The molecule has 4 unspecified atom stereocenters. The average molecular weight is 530 g/mol. The van der Waals surface area contributed by atoms with Crippen molar-refractivity contribution in [3.63, 3.8) is 0 Å². The summed E-state index contributed by atoms with van der Waals surface area (Å²) in [6, 6.07) is -5.07. The first-order valence-electron chi connectivity index (χ1n) is 11.6. The van der Waals surface area contributed by atoms with Crippen molar-refractivity contribution in [3.05, 3.63) is 0 Å². The van der Waals surface area contributed by atoms with E-state index in [1.807, 2.05) is 0 Å². The molecule has 0 saturated carbocycles. The maximum Gasteiger partial charge on any atom is 0.326 e. The number of amides is 5. The van der Waals surface area contributed by atoms with Gasteiger partial charge in [-0.05, 0) is 31.6 Å². The zero-order valence-electron chi connectivity index (χ0n) is 21.1. The molecule has 16 nitrogen and oxygen atoms in total. The number of guanidine groups is 1. The number of primary amides is 2. The third-order valence-corrected chi connectivity index (χ3v) is 4.98. The van der Waals surface area contributed by atoms with Gasteiger partial charge in [0.15, 0.2) is 5.96 Å². The topological polar surface area (TPSA) is 301 Å². The fraction of sp³-hybridized carbons (Fsp3) is 0.667. The van der Waals surface area contributed by atoms with Crippen molar-refractivity contribution in [2.75, 3.05) is 6.54 Å². The second-order valence-electron chi connectivity index (χ2n) is 8.88. The van der Waals surface area contributed by atoms with Gasteiger partial charge in [0.05, 0.1) is 12.5 Å². The SMILES string of the molecule is CC(C)CC(NC(=O)C(CCCN=C(N)N)NC(=O)C(N)CCC(N)=O)C(=O)NC(CC(N)=O)C(=O)O. The summed E-state index contributed by atoms with van der Waals surface area (Å²) < 4.78 is 0. The van der Waals surface area contributed by atoms with E-state index in [9.17, 15) is 33.9 Å². The molecule has 0 fully saturated rings. The van der Waals surface area contributed by atoms with E-state index in [0.29, 0.717) is 0 Å². The molecule has 4 atom stereocenters. The summed E-state index contributed by atoms with van der Waals surface area (Å²) in [7, 11) is 0. The van der Waals surface area contributed by atoms with Gasteiger partial charge >= 0.3 is 5.97 Å². The van der Waals surface area contributed by atoms with Crippen LogP contribution in [0.5, 0.6) is 0 Å². The molecular formula is C21H39N9O7. The summed E-state index contributed by atoms with van der Waals surface area (Å²) in [6.07, 6.45) is -0.371. The number of nitrogens with two attached hydrogens (primary N) is 5. The number of hydrogen-bond donors (Lipinski definition) is 9. The first-order chi connectivity index (χ1) is 17.1. The van der Waals surface area contributed by atoms with Crippen LogP contribution in [-0.4, -0.2) is 77.3 Å². The Morgan fingerprint density at radius 2 is 1.32 bits per heavy atom. The summed E-state index contributed by atoms with van der Waals surface area (Å²) in [5.41, 5.74) is 26.5. The van der Waals surface area contributed by atoms with Gasteiger partial charge in [0.2, 0.25) is 29.5 Å². The van der Waals surface area contributed by atoms with Crippen LogP contribution in [0.4, 0.5) is 0 Å². The smallest absolute Gasteiger partial charge is 0.326 e. The Kier molecular flexibility index (Phi) is 14.9. The minimum Gasteiger partial charge on any atom is -0.480 e. The van der Waals surface area contributed by atoms with Crippen LogP contribution in [0.2, 0.25) is 0 Å². The van der Waals surface area contributed by atoms with Crippen LogP contribution in [0.15, 0.2) is 4.99 Å². The fourth-order valence-electron chi connectivity index (χ4n) is 3.13. The van der Waals surface area contributed by atoms with Crippen LogP contribution in [0, 0.1) is 5.92 Å². The monoisotopic (exact) mass is 529 g/mol. The Labute approximate surface area is 214 Å². The van der Waals surface area contributed by atoms with Gasteiger partial charge in [-0.1, -0.05) is 13.8 Å². The second kappa shape index (κ2) is 16.7. The van der Waals surface area contributed by atoms with Gasteiger partial charge < -0.3 is 49.7 Å². The van der Waals surface area contributed by atoms with Crippen LogP contribution < -0.4 is 44.6 Å². The van der Waals surface area contributed by atoms with E-state index in [-0.39, 0.29) is 50.5 Å². The van der Waals surface area contributed by atoms with E-state index in [1.54, 1.807) is 13.8 Å². The molecule has 0 aromatic rings. The maximum atomic E-state index is 13.1. The predicted molar refractivity (Wildman–Crippen MR) is 133 cm³/mol. The van der Waals surface area contributed by atoms with Crippen LogP contribution in [0.3, 0.4) is 0 Å². The number of carbonyl (C=O) groups is 6. The third-order valence-electron chi connectivity index (χ3n) is 4.98. The van der Waals surface area contributed by atoms with E-state index in [4.69, 9.17) is 28.7 Å². The highest BCUT2D eigenvalue weighted by Gasteiger charge is 2.31. The minimum absolute atomic E-state index is 0.0433. The fourth-order valence-corrected chi connectivity index (χ4v) is 3.13. The molecule has 37 heavy (non-hydrogen) atoms. The summed E-state index contributed by atoms with van der Waals surface area (Å²) in [5, 5.41) is 16.5. The van der Waals surface area contributed by atoms with E-state index in [2.05, 4.69) is 20.9 Å². The number of aliphatic carboxylic acids is 1. The molecule has 210 valence electrons. The van der Waals surface area contributed by atoms with E-state index < -0.39 is 66.1 Å². The number of nitrogens with one attached hydrogen (secondary N) is 3. The van der Waals surface area contributed by atoms with Gasteiger partial charge in [0.25, 0.3) is 0 Å². The van der Waals surface area contributed by atoms with Gasteiger partial charge in [0.1, 0.15) is 18.1 Å². The molecule has 16 heteroatoms. The first kappa shape index (κ1) is 33.0. The maximum absolute atomic E-state index is 13.1. The molecule has 0 aliphatic heterocycles. The van der Waals surface area contributed by atoms with Gasteiger partial charge in [-0.3, -0.25) is 29.0 Å². The Morgan fingerprint density at radius 1 is 0.784 bits per heavy atom. The lowest BCUT2D eigenvalue weighted by molar-refractivity contribution is -0.144. The molecule has 0 spiro atoms. The standard InChI is InChI=1S/C21H39N9O7/c1-10(2)8-13(19(35)30-14(20(36)37)9-16(24)32)29-18(34)12(4-3-7-27-21(25)26)28-17(33)11(22)5-6-15(23)31/h10-14H,3-9,22H2,1-2H3,(H2,23,31)(H2,24,32)(H,28,33)(H,29,34)(H,30,35)(H,36,37)(H4,25,26,27). The van der Waals surface area contributed by atoms with Crippen molar-refractivity contribution in [1.82, 2.24) is 16.0 Å². The molecule has 0 bridgehead atoms. The van der Waals surface area contributed by atoms with E-state index in [1.165, 1.54) is 0 Å². The molecule has 0 aromatic carbocycles. The highest BCUT2D eigenvalue weighted by Crippen LogP contribution is 2.08.